The molecule has 1 aliphatic carbocycles. The molecule has 1 fully saturated rings. The summed E-state index contributed by atoms with van der Waals surface area (Å²) in [6.45, 7) is 5.01. The van der Waals surface area contributed by atoms with Crippen LogP contribution in [-0.2, 0) is 6.54 Å². The third-order valence-corrected chi connectivity index (χ3v) is 3.76. The van der Waals surface area contributed by atoms with Gasteiger partial charge in [0.15, 0.2) is 0 Å². The number of rotatable bonds is 7. The molecule has 1 aliphatic rings. The molecule has 3 nitrogen and oxygen atoms in total. The number of nitrogens with one attached hydrogen (secondary N) is 1. The lowest BCUT2D eigenvalue weighted by atomic mass is 10.1. The van der Waals surface area contributed by atoms with E-state index in [9.17, 15) is 5.11 Å². The first-order chi connectivity index (χ1) is 8.94. The number of aliphatic hydroxyl groups is 1. The Bertz CT molecular complexity index is 425. The lowest BCUT2D eigenvalue weighted by Crippen LogP contribution is -2.21. The van der Waals surface area contributed by atoms with E-state index in [1.165, 1.54) is 18.4 Å². The first-order valence-electron chi connectivity index (χ1n) is 6.81. The Morgan fingerprint density at radius 3 is 2.74 bits per heavy atom. The van der Waals surface area contributed by atoms with E-state index in [0.717, 1.165) is 22.8 Å². The molecule has 0 saturated heterocycles. The number of ether oxygens (including phenoxy) is 1. The fraction of sp³-hybridized carbons (Fsp3) is 0.600. The highest BCUT2D eigenvalue weighted by atomic mass is 79.9. The van der Waals surface area contributed by atoms with E-state index in [0.29, 0.717) is 13.0 Å². The molecule has 1 aromatic rings. The van der Waals surface area contributed by atoms with E-state index in [-0.39, 0.29) is 0 Å². The Labute approximate surface area is 123 Å². The minimum Gasteiger partial charge on any atom is -0.492 e. The molecule has 0 radical (unpaired) electrons. The van der Waals surface area contributed by atoms with Gasteiger partial charge in [0.25, 0.3) is 0 Å². The number of benzene rings is 1. The molecule has 0 aliphatic heterocycles. The summed E-state index contributed by atoms with van der Waals surface area (Å²) in [6, 6.07) is 6.88. The van der Waals surface area contributed by atoms with Crippen LogP contribution in [0.3, 0.4) is 0 Å². The maximum atomic E-state index is 9.64. The Hall–Kier alpha value is -0.580. The predicted molar refractivity (Wildman–Crippen MR) is 80.4 cm³/mol. The smallest absolute Gasteiger partial charge is 0.133 e. The van der Waals surface area contributed by atoms with E-state index >= 15 is 0 Å². The molecule has 4 heteroatoms. The average Bonchev–Trinajstić information content (AvgIpc) is 3.11. The molecule has 0 amide bonds. The van der Waals surface area contributed by atoms with Crippen LogP contribution in [0.15, 0.2) is 22.7 Å². The van der Waals surface area contributed by atoms with Gasteiger partial charge >= 0.3 is 0 Å². The van der Waals surface area contributed by atoms with E-state index in [1.54, 1.807) is 13.8 Å². The summed E-state index contributed by atoms with van der Waals surface area (Å²) in [5, 5.41) is 13.1. The summed E-state index contributed by atoms with van der Waals surface area (Å²) in [4.78, 5) is 0. The van der Waals surface area contributed by atoms with Crippen molar-refractivity contribution in [1.29, 1.82) is 0 Å². The second kappa shape index (κ2) is 6.25. The summed E-state index contributed by atoms with van der Waals surface area (Å²) in [7, 11) is 0. The quantitative estimate of drug-likeness (QED) is 0.807. The first kappa shape index (κ1) is 14.8. The molecule has 0 aromatic heterocycles. The van der Waals surface area contributed by atoms with Gasteiger partial charge in [0.05, 0.1) is 16.7 Å². The van der Waals surface area contributed by atoms with Crippen LogP contribution < -0.4 is 10.1 Å². The van der Waals surface area contributed by atoms with Crippen molar-refractivity contribution in [2.75, 3.05) is 6.61 Å². The van der Waals surface area contributed by atoms with Crippen molar-refractivity contribution in [3.8, 4) is 5.75 Å². The van der Waals surface area contributed by atoms with Gasteiger partial charge in [-0.25, -0.2) is 0 Å². The van der Waals surface area contributed by atoms with Crippen molar-refractivity contribution in [1.82, 2.24) is 5.32 Å². The van der Waals surface area contributed by atoms with Gasteiger partial charge in [0.2, 0.25) is 0 Å². The van der Waals surface area contributed by atoms with Gasteiger partial charge in [-0.15, -0.1) is 0 Å². The van der Waals surface area contributed by atoms with Gasteiger partial charge in [-0.05, 0) is 60.3 Å². The molecule has 1 aromatic carbocycles. The van der Waals surface area contributed by atoms with Gasteiger partial charge in [0.1, 0.15) is 5.75 Å². The fourth-order valence-corrected chi connectivity index (χ4v) is 2.27. The zero-order valence-corrected chi connectivity index (χ0v) is 13.2. The molecule has 0 bridgehead atoms. The molecule has 2 N–H and O–H groups in total. The van der Waals surface area contributed by atoms with Crippen LogP contribution in [0.5, 0.6) is 5.75 Å². The third-order valence-electron chi connectivity index (χ3n) is 3.14. The molecule has 2 rings (SSSR count). The van der Waals surface area contributed by atoms with E-state index in [2.05, 4.69) is 33.4 Å². The first-order valence-corrected chi connectivity index (χ1v) is 7.60. The highest BCUT2D eigenvalue weighted by Gasteiger charge is 2.20. The standard InChI is InChI=1S/C15H22BrNO2/c1-15(2,18)7-8-19-14-6-3-11(9-13(14)16)10-17-12-4-5-12/h3,6,9,12,17-18H,4-5,7-8,10H2,1-2H3. The molecule has 19 heavy (non-hydrogen) atoms. The largest absolute Gasteiger partial charge is 0.492 e. The summed E-state index contributed by atoms with van der Waals surface area (Å²) in [5.74, 6) is 0.833. The number of halogens is 1. The van der Waals surface area contributed by atoms with E-state index < -0.39 is 5.60 Å². The summed E-state index contributed by atoms with van der Waals surface area (Å²) in [6.07, 6.45) is 3.23. The molecular formula is C15H22BrNO2. The van der Waals surface area contributed by atoms with Gasteiger partial charge in [0, 0.05) is 19.0 Å². The van der Waals surface area contributed by atoms with Crippen LogP contribution in [0.2, 0.25) is 0 Å². The van der Waals surface area contributed by atoms with E-state index in [4.69, 9.17) is 4.74 Å². The minimum atomic E-state index is -0.680. The maximum absolute atomic E-state index is 9.64. The van der Waals surface area contributed by atoms with Crippen LogP contribution in [0, 0.1) is 0 Å². The van der Waals surface area contributed by atoms with E-state index in [1.807, 2.05) is 6.07 Å². The van der Waals surface area contributed by atoms with Crippen LogP contribution >= 0.6 is 15.9 Å². The lowest BCUT2D eigenvalue weighted by Gasteiger charge is -2.17. The Morgan fingerprint density at radius 1 is 1.42 bits per heavy atom. The number of hydrogen-bond donors (Lipinski definition) is 2. The summed E-state index contributed by atoms with van der Waals surface area (Å²) in [5.41, 5.74) is 0.578. The summed E-state index contributed by atoms with van der Waals surface area (Å²) < 4.78 is 6.65. The van der Waals surface area contributed by atoms with Crippen LogP contribution in [0.25, 0.3) is 0 Å². The van der Waals surface area contributed by atoms with Crippen molar-refractivity contribution in [2.24, 2.45) is 0 Å². The Morgan fingerprint density at radius 2 is 2.16 bits per heavy atom. The SMILES string of the molecule is CC(C)(O)CCOc1ccc(CNC2CC2)cc1Br. The Balaban J connectivity index is 1.83. The normalized spacial score (nSPS) is 15.6. The third kappa shape index (κ3) is 5.51. The zero-order valence-electron chi connectivity index (χ0n) is 11.6. The van der Waals surface area contributed by atoms with Gasteiger partial charge < -0.3 is 15.2 Å². The lowest BCUT2D eigenvalue weighted by molar-refractivity contribution is 0.0552. The van der Waals surface area contributed by atoms with Gasteiger partial charge in [-0.2, -0.15) is 0 Å². The molecule has 0 heterocycles. The zero-order chi connectivity index (χ0) is 13.9. The molecule has 0 unspecified atom stereocenters. The molecular weight excluding hydrogens is 306 g/mol. The van der Waals surface area contributed by atoms with Crippen LogP contribution in [0.1, 0.15) is 38.7 Å². The average molecular weight is 328 g/mol. The maximum Gasteiger partial charge on any atom is 0.133 e. The van der Waals surface area contributed by atoms with Crippen LogP contribution in [-0.4, -0.2) is 23.4 Å². The van der Waals surface area contributed by atoms with Crippen molar-refractivity contribution < 1.29 is 9.84 Å². The molecule has 106 valence electrons. The van der Waals surface area contributed by atoms with Crippen molar-refractivity contribution >= 4 is 15.9 Å². The molecule has 1 saturated carbocycles. The van der Waals surface area contributed by atoms with Crippen molar-refractivity contribution in [3.05, 3.63) is 28.2 Å². The minimum absolute atomic E-state index is 0.516. The van der Waals surface area contributed by atoms with Gasteiger partial charge in [-0.1, -0.05) is 6.07 Å². The molecule has 0 atom stereocenters. The summed E-state index contributed by atoms with van der Waals surface area (Å²) >= 11 is 3.54. The monoisotopic (exact) mass is 327 g/mol. The van der Waals surface area contributed by atoms with Gasteiger partial charge in [-0.3, -0.25) is 0 Å². The van der Waals surface area contributed by atoms with Crippen molar-refractivity contribution in [3.63, 3.8) is 0 Å². The fourth-order valence-electron chi connectivity index (χ4n) is 1.73. The topological polar surface area (TPSA) is 41.5 Å². The highest BCUT2D eigenvalue weighted by Crippen LogP contribution is 2.27. The van der Waals surface area contributed by atoms with Crippen LogP contribution in [0.4, 0.5) is 0 Å². The Kier molecular flexibility index (Phi) is 4.87. The molecule has 0 spiro atoms. The number of hydrogen-bond acceptors (Lipinski definition) is 3. The predicted octanol–water partition coefficient (Wildman–Crippen LogP) is 3.24. The highest BCUT2D eigenvalue weighted by molar-refractivity contribution is 9.10. The van der Waals surface area contributed by atoms with Crippen molar-refractivity contribution in [2.45, 2.75) is 51.3 Å². The second-order valence-electron chi connectivity index (χ2n) is 5.83. The second-order valence-corrected chi connectivity index (χ2v) is 6.69.